The predicted octanol–water partition coefficient (Wildman–Crippen LogP) is 5.43. The number of fused-ring (bicyclic) bond motifs is 1. The Morgan fingerprint density at radius 1 is 1.19 bits per heavy atom. The largest absolute Gasteiger partial charge is 0.482 e. The number of carboxylic acids is 1. The number of benzene rings is 2. The Balaban J connectivity index is 1.62. The van der Waals surface area contributed by atoms with Gasteiger partial charge in [0.15, 0.2) is 12.3 Å². The number of nitrogens with zero attached hydrogens (tertiary/aromatic N) is 3. The van der Waals surface area contributed by atoms with Gasteiger partial charge in [-0.15, -0.1) is 0 Å². The van der Waals surface area contributed by atoms with Crippen molar-refractivity contribution in [3.05, 3.63) is 70.6 Å². The van der Waals surface area contributed by atoms with Crippen LogP contribution >= 0.6 is 11.6 Å². The Hall–Kier alpha value is -3.86. The maximum Gasteiger partial charge on any atom is 0.396 e. The molecule has 36 heavy (non-hydrogen) atoms. The number of hydrogen-bond acceptors (Lipinski definition) is 6. The molecule has 3 aromatic rings. The van der Waals surface area contributed by atoms with Crippen LogP contribution in [-0.2, 0) is 4.79 Å². The number of amides is 1. The van der Waals surface area contributed by atoms with Crippen molar-refractivity contribution >= 4 is 29.2 Å². The number of carbonyl (C=O) groups is 2. The molecule has 12 heteroatoms. The number of anilines is 1. The third-order valence-corrected chi connectivity index (χ3v) is 6.14. The summed E-state index contributed by atoms with van der Waals surface area (Å²) in [5, 5.41) is 8.93. The molecule has 1 unspecified atom stereocenters. The summed E-state index contributed by atoms with van der Waals surface area (Å²) in [5.41, 5.74) is 0.184. The Kier molecular flexibility index (Phi) is 6.77. The van der Waals surface area contributed by atoms with E-state index in [1.54, 1.807) is 0 Å². The first-order valence-corrected chi connectivity index (χ1v) is 11.0. The molecule has 0 aliphatic carbocycles. The van der Waals surface area contributed by atoms with Crippen molar-refractivity contribution < 1.29 is 37.3 Å². The quantitative estimate of drug-likeness (QED) is 0.462. The molecule has 188 valence electrons. The number of carbonyl (C=O) groups excluding carboxylic acids is 1. The molecule has 1 aliphatic rings. The van der Waals surface area contributed by atoms with Crippen molar-refractivity contribution in [2.45, 2.75) is 24.9 Å². The van der Waals surface area contributed by atoms with Crippen LogP contribution in [0.4, 0.5) is 18.9 Å². The molecule has 0 radical (unpaired) electrons. The summed E-state index contributed by atoms with van der Waals surface area (Å²) in [6.07, 6.45) is -2.50. The SMILES string of the molecule is C[C@H](c1ccc(Oc2cnc(C(=O)O)cn2)cc1Cl)C(c1ccc2c(c1)N(C)C(=O)CO2)C(F)(F)F. The Labute approximate surface area is 208 Å². The van der Waals surface area contributed by atoms with Crippen LogP contribution < -0.4 is 14.4 Å². The average Bonchev–Trinajstić information content (AvgIpc) is 2.81. The van der Waals surface area contributed by atoms with Gasteiger partial charge in [-0.25, -0.2) is 14.8 Å². The fraction of sp³-hybridized carbons (Fsp3) is 0.250. The van der Waals surface area contributed by atoms with Crippen LogP contribution in [0.2, 0.25) is 5.02 Å². The van der Waals surface area contributed by atoms with Gasteiger partial charge in [-0.05, 0) is 41.3 Å². The molecular formula is C24H19ClF3N3O5. The van der Waals surface area contributed by atoms with Crippen LogP contribution in [0.15, 0.2) is 48.8 Å². The number of aromatic nitrogens is 2. The van der Waals surface area contributed by atoms with Crippen molar-refractivity contribution in [2.24, 2.45) is 0 Å². The minimum absolute atomic E-state index is 0.0139. The van der Waals surface area contributed by atoms with Crippen LogP contribution in [0.5, 0.6) is 17.4 Å². The van der Waals surface area contributed by atoms with Crippen LogP contribution in [0, 0.1) is 0 Å². The van der Waals surface area contributed by atoms with E-state index in [1.165, 1.54) is 55.3 Å². The summed E-state index contributed by atoms with van der Waals surface area (Å²) in [6.45, 7) is 1.24. The van der Waals surface area contributed by atoms with Gasteiger partial charge in [-0.1, -0.05) is 30.7 Å². The summed E-state index contributed by atoms with van der Waals surface area (Å²) in [5.74, 6) is -4.13. The van der Waals surface area contributed by atoms with Crippen LogP contribution in [0.25, 0.3) is 0 Å². The Bertz CT molecular complexity index is 1320. The summed E-state index contributed by atoms with van der Waals surface area (Å²) < 4.78 is 53.7. The number of halogens is 4. The molecule has 4 rings (SSSR count). The van der Waals surface area contributed by atoms with Gasteiger partial charge in [0, 0.05) is 12.1 Å². The van der Waals surface area contributed by atoms with Crippen LogP contribution in [0.1, 0.15) is 40.4 Å². The molecule has 1 aliphatic heterocycles. The monoisotopic (exact) mass is 521 g/mol. The van der Waals surface area contributed by atoms with Crippen molar-refractivity contribution in [1.29, 1.82) is 0 Å². The summed E-state index contributed by atoms with van der Waals surface area (Å²) in [4.78, 5) is 31.6. The normalized spacial score (nSPS) is 15.1. The molecular weight excluding hydrogens is 503 g/mol. The number of ether oxygens (including phenoxy) is 2. The standard InChI is InChI=1S/C24H19ClF3N3O5/c1-12(15-5-4-14(8-16(15)25)36-20-10-29-17(9-30-20)23(33)34)22(24(26,27)28)13-3-6-19-18(7-13)31(2)21(32)11-35-19/h3-10,12,22H,11H2,1-2H3,(H,33,34)/t12-,22?/m1/s1. The van der Waals surface area contributed by atoms with Crippen molar-refractivity contribution in [2.75, 3.05) is 18.6 Å². The number of carboxylic acid groups (broad SMARTS) is 1. The van der Waals surface area contributed by atoms with Crippen molar-refractivity contribution in [1.82, 2.24) is 9.97 Å². The third-order valence-electron chi connectivity index (χ3n) is 5.81. The molecule has 0 bridgehead atoms. The summed E-state index contributed by atoms with van der Waals surface area (Å²) in [7, 11) is 1.48. The highest BCUT2D eigenvalue weighted by Gasteiger charge is 2.45. The first kappa shape index (κ1) is 25.2. The van der Waals surface area contributed by atoms with Crippen LogP contribution in [-0.4, -0.2) is 46.8 Å². The lowest BCUT2D eigenvalue weighted by Crippen LogP contribution is -2.35. The first-order valence-electron chi connectivity index (χ1n) is 10.6. The average molecular weight is 522 g/mol. The number of aromatic carboxylic acids is 1. The smallest absolute Gasteiger partial charge is 0.396 e. The van der Waals surface area contributed by atoms with Gasteiger partial charge < -0.3 is 19.5 Å². The molecule has 8 nitrogen and oxygen atoms in total. The zero-order valence-corrected chi connectivity index (χ0v) is 19.7. The van der Waals surface area contributed by atoms with Crippen LogP contribution in [0.3, 0.4) is 0 Å². The minimum atomic E-state index is -4.62. The number of alkyl halides is 3. The number of hydrogen-bond donors (Lipinski definition) is 1. The summed E-state index contributed by atoms with van der Waals surface area (Å²) >= 11 is 6.36. The third kappa shape index (κ3) is 5.06. The highest BCUT2D eigenvalue weighted by Crippen LogP contribution is 2.48. The van der Waals surface area contributed by atoms with Gasteiger partial charge in [0.25, 0.3) is 5.91 Å². The second kappa shape index (κ2) is 9.65. The molecule has 1 amide bonds. The molecule has 2 aromatic carbocycles. The molecule has 1 N–H and O–H groups in total. The zero-order chi connectivity index (χ0) is 26.2. The van der Waals surface area contributed by atoms with E-state index in [1.807, 2.05) is 0 Å². The van der Waals surface area contributed by atoms with E-state index in [4.69, 9.17) is 26.2 Å². The molecule has 2 heterocycles. The van der Waals surface area contributed by atoms with Crippen molar-refractivity contribution in [3.8, 4) is 17.4 Å². The second-order valence-corrected chi connectivity index (χ2v) is 8.51. The molecule has 0 saturated heterocycles. The predicted molar refractivity (Wildman–Crippen MR) is 123 cm³/mol. The molecule has 2 atom stereocenters. The summed E-state index contributed by atoms with van der Waals surface area (Å²) in [6, 6.07) is 8.28. The minimum Gasteiger partial charge on any atom is -0.482 e. The second-order valence-electron chi connectivity index (χ2n) is 8.11. The number of likely N-dealkylation sites (N-methyl/N-ethyl adjacent to an activating group) is 1. The van der Waals surface area contributed by atoms with E-state index in [-0.39, 0.29) is 51.7 Å². The molecule has 0 saturated carbocycles. The topological polar surface area (TPSA) is 102 Å². The molecule has 0 spiro atoms. The van der Waals surface area contributed by atoms with Gasteiger partial charge in [-0.3, -0.25) is 4.79 Å². The van der Waals surface area contributed by atoms with Gasteiger partial charge in [0.2, 0.25) is 5.88 Å². The molecule has 0 fully saturated rings. The lowest BCUT2D eigenvalue weighted by molar-refractivity contribution is -0.154. The highest BCUT2D eigenvalue weighted by atomic mass is 35.5. The molecule has 1 aromatic heterocycles. The first-order chi connectivity index (χ1) is 17.0. The Morgan fingerprint density at radius 2 is 1.94 bits per heavy atom. The lowest BCUT2D eigenvalue weighted by atomic mass is 9.81. The van der Waals surface area contributed by atoms with E-state index in [0.717, 1.165) is 12.4 Å². The maximum atomic E-state index is 14.3. The van der Waals surface area contributed by atoms with Crippen molar-refractivity contribution in [3.63, 3.8) is 0 Å². The van der Waals surface area contributed by atoms with Gasteiger partial charge >= 0.3 is 12.1 Å². The highest BCUT2D eigenvalue weighted by molar-refractivity contribution is 6.31. The Morgan fingerprint density at radius 3 is 2.56 bits per heavy atom. The van der Waals surface area contributed by atoms with E-state index in [9.17, 15) is 22.8 Å². The van der Waals surface area contributed by atoms with E-state index < -0.39 is 24.0 Å². The van der Waals surface area contributed by atoms with E-state index in [0.29, 0.717) is 5.75 Å². The fourth-order valence-electron chi connectivity index (χ4n) is 3.96. The van der Waals surface area contributed by atoms with Gasteiger partial charge in [0.1, 0.15) is 11.5 Å². The van der Waals surface area contributed by atoms with Gasteiger partial charge in [0.05, 0.1) is 24.0 Å². The zero-order valence-electron chi connectivity index (χ0n) is 18.9. The van der Waals surface area contributed by atoms with E-state index in [2.05, 4.69) is 9.97 Å². The number of rotatable bonds is 6. The van der Waals surface area contributed by atoms with E-state index >= 15 is 0 Å². The fourth-order valence-corrected chi connectivity index (χ4v) is 4.31. The lowest BCUT2D eigenvalue weighted by Gasteiger charge is -2.31. The van der Waals surface area contributed by atoms with Gasteiger partial charge in [-0.2, -0.15) is 13.2 Å². The maximum absolute atomic E-state index is 14.3.